The number of ether oxygens (including phenoxy) is 2. The van der Waals surface area contributed by atoms with Crippen LogP contribution in [0.5, 0.6) is 0 Å². The Bertz CT molecular complexity index is 327. The molecule has 0 aromatic carbocycles. The summed E-state index contributed by atoms with van der Waals surface area (Å²) in [5.41, 5.74) is 5.44. The number of rotatable bonds is 4. The lowest BCUT2D eigenvalue weighted by Gasteiger charge is -2.36. The van der Waals surface area contributed by atoms with Gasteiger partial charge in [0.05, 0.1) is 11.6 Å². The predicted molar refractivity (Wildman–Crippen MR) is 77.3 cm³/mol. The topological polar surface area (TPSA) is 73.6 Å². The van der Waals surface area contributed by atoms with E-state index in [0.717, 1.165) is 19.4 Å². The molecule has 2 rings (SSSR count). The van der Waals surface area contributed by atoms with Gasteiger partial charge in [0.1, 0.15) is 0 Å². The molecular weight excluding hydrogens is 256 g/mol. The van der Waals surface area contributed by atoms with Crippen molar-refractivity contribution < 1.29 is 14.3 Å². The van der Waals surface area contributed by atoms with Crippen LogP contribution < -0.4 is 11.1 Å². The molecule has 2 atom stereocenters. The fraction of sp³-hybridized carbons (Fsp3) is 0.933. The smallest absolute Gasteiger partial charge is 0.240 e. The summed E-state index contributed by atoms with van der Waals surface area (Å²) in [7, 11) is 0. The number of carbonyl (C=O) groups is 1. The average Bonchev–Trinajstić information content (AvgIpc) is 2.45. The van der Waals surface area contributed by atoms with E-state index in [-0.39, 0.29) is 12.0 Å². The monoisotopic (exact) mass is 284 g/mol. The van der Waals surface area contributed by atoms with Crippen molar-refractivity contribution in [2.75, 3.05) is 26.4 Å². The van der Waals surface area contributed by atoms with Gasteiger partial charge in [-0.2, -0.15) is 0 Å². The van der Waals surface area contributed by atoms with Crippen LogP contribution >= 0.6 is 0 Å². The number of amides is 1. The van der Waals surface area contributed by atoms with Crippen LogP contribution in [0.15, 0.2) is 0 Å². The fourth-order valence-corrected chi connectivity index (χ4v) is 3.18. The van der Waals surface area contributed by atoms with E-state index >= 15 is 0 Å². The first-order valence-electron chi connectivity index (χ1n) is 7.79. The first-order valence-corrected chi connectivity index (χ1v) is 7.79. The van der Waals surface area contributed by atoms with E-state index in [9.17, 15) is 4.79 Å². The van der Waals surface area contributed by atoms with E-state index in [1.807, 2.05) is 0 Å². The first-order chi connectivity index (χ1) is 9.53. The molecular formula is C15H28N2O3. The second kappa shape index (κ2) is 6.87. The van der Waals surface area contributed by atoms with Crippen LogP contribution in [0.25, 0.3) is 0 Å². The minimum Gasteiger partial charge on any atom is -0.381 e. The zero-order valence-electron chi connectivity index (χ0n) is 12.7. The molecule has 5 heteroatoms. The Kier molecular flexibility index (Phi) is 5.41. The lowest BCUT2D eigenvalue weighted by Crippen LogP contribution is -2.58. The van der Waals surface area contributed by atoms with Crippen LogP contribution in [-0.4, -0.2) is 43.9 Å². The fourth-order valence-electron chi connectivity index (χ4n) is 3.18. The number of nitrogens with two attached hydrogens (primary N) is 1. The molecule has 20 heavy (non-hydrogen) atoms. The van der Waals surface area contributed by atoms with E-state index in [1.54, 1.807) is 0 Å². The summed E-state index contributed by atoms with van der Waals surface area (Å²) in [5, 5.41) is 3.05. The van der Waals surface area contributed by atoms with Crippen LogP contribution in [0, 0.1) is 11.8 Å². The summed E-state index contributed by atoms with van der Waals surface area (Å²) in [6.45, 7) is 7.00. The molecule has 2 unspecified atom stereocenters. The molecule has 3 N–H and O–H groups in total. The van der Waals surface area contributed by atoms with Gasteiger partial charge in [-0.15, -0.1) is 0 Å². The maximum absolute atomic E-state index is 12.3. The summed E-state index contributed by atoms with van der Waals surface area (Å²) < 4.78 is 11.1. The summed E-state index contributed by atoms with van der Waals surface area (Å²) >= 11 is 0. The lowest BCUT2D eigenvalue weighted by atomic mass is 9.86. The highest BCUT2D eigenvalue weighted by Crippen LogP contribution is 2.26. The van der Waals surface area contributed by atoms with Gasteiger partial charge >= 0.3 is 0 Å². The maximum atomic E-state index is 12.3. The van der Waals surface area contributed by atoms with Crippen molar-refractivity contribution in [3.05, 3.63) is 0 Å². The van der Waals surface area contributed by atoms with Crippen molar-refractivity contribution in [1.82, 2.24) is 5.32 Å². The third-order valence-corrected chi connectivity index (χ3v) is 4.51. The van der Waals surface area contributed by atoms with Crippen molar-refractivity contribution in [1.29, 1.82) is 0 Å². The number of nitrogens with one attached hydrogen (secondary N) is 1. The van der Waals surface area contributed by atoms with Crippen molar-refractivity contribution in [3.63, 3.8) is 0 Å². The van der Waals surface area contributed by atoms with Crippen molar-refractivity contribution in [2.24, 2.45) is 17.6 Å². The molecule has 2 saturated heterocycles. The molecule has 5 nitrogen and oxygen atoms in total. The van der Waals surface area contributed by atoms with Gasteiger partial charge in [-0.1, -0.05) is 13.8 Å². The molecule has 2 aliphatic rings. The molecule has 0 radical (unpaired) electrons. The van der Waals surface area contributed by atoms with Crippen molar-refractivity contribution in [3.8, 4) is 0 Å². The highest BCUT2D eigenvalue weighted by atomic mass is 16.5. The maximum Gasteiger partial charge on any atom is 0.240 e. The Morgan fingerprint density at radius 1 is 1.35 bits per heavy atom. The Hall–Kier alpha value is -0.650. The average molecular weight is 284 g/mol. The highest BCUT2D eigenvalue weighted by molar-refractivity contribution is 5.86. The minimum absolute atomic E-state index is 0.0334. The molecule has 1 amide bonds. The van der Waals surface area contributed by atoms with Gasteiger partial charge in [-0.3, -0.25) is 4.79 Å². The second-order valence-corrected chi connectivity index (χ2v) is 6.46. The number of hydrogen-bond donors (Lipinski definition) is 2. The summed E-state index contributed by atoms with van der Waals surface area (Å²) in [6, 6.07) is 0. The molecule has 0 bridgehead atoms. The largest absolute Gasteiger partial charge is 0.381 e. The molecule has 116 valence electrons. The SMILES string of the molecule is CC(C)C1OCCCC1CNC(=O)C1(N)CCOCC1. The molecule has 0 saturated carbocycles. The van der Waals surface area contributed by atoms with Gasteiger partial charge in [-0.05, 0) is 31.6 Å². The minimum atomic E-state index is -0.749. The van der Waals surface area contributed by atoms with E-state index in [1.165, 1.54) is 0 Å². The molecule has 0 spiro atoms. The van der Waals surface area contributed by atoms with Gasteiger partial charge in [0, 0.05) is 32.3 Å². The van der Waals surface area contributed by atoms with Crippen molar-refractivity contribution in [2.45, 2.75) is 51.2 Å². The first kappa shape index (κ1) is 15.7. The summed E-state index contributed by atoms with van der Waals surface area (Å²) in [6.07, 6.45) is 3.64. The van der Waals surface area contributed by atoms with Crippen LogP contribution in [0.2, 0.25) is 0 Å². The van der Waals surface area contributed by atoms with E-state index in [0.29, 0.717) is 44.4 Å². The van der Waals surface area contributed by atoms with Gasteiger partial charge in [0.15, 0.2) is 0 Å². The van der Waals surface area contributed by atoms with E-state index in [2.05, 4.69) is 19.2 Å². The van der Waals surface area contributed by atoms with Crippen LogP contribution in [0.1, 0.15) is 39.5 Å². The zero-order chi connectivity index (χ0) is 14.6. The van der Waals surface area contributed by atoms with Gasteiger partial charge in [0.25, 0.3) is 0 Å². The third-order valence-electron chi connectivity index (χ3n) is 4.51. The Balaban J connectivity index is 1.85. The molecule has 0 aromatic rings. The van der Waals surface area contributed by atoms with E-state index in [4.69, 9.17) is 15.2 Å². The summed E-state index contributed by atoms with van der Waals surface area (Å²) in [4.78, 5) is 12.3. The van der Waals surface area contributed by atoms with Gasteiger partial charge in [0.2, 0.25) is 5.91 Å². The molecule has 0 aliphatic carbocycles. The second-order valence-electron chi connectivity index (χ2n) is 6.46. The van der Waals surface area contributed by atoms with E-state index < -0.39 is 5.54 Å². The zero-order valence-corrected chi connectivity index (χ0v) is 12.7. The molecule has 2 fully saturated rings. The summed E-state index contributed by atoms with van der Waals surface area (Å²) in [5.74, 6) is 0.845. The van der Waals surface area contributed by atoms with Crippen LogP contribution in [-0.2, 0) is 14.3 Å². The lowest BCUT2D eigenvalue weighted by molar-refractivity contribution is -0.130. The Labute approximate surface area is 121 Å². The highest BCUT2D eigenvalue weighted by Gasteiger charge is 2.37. The molecule has 0 aromatic heterocycles. The third kappa shape index (κ3) is 3.71. The molecule has 2 heterocycles. The number of hydrogen-bond acceptors (Lipinski definition) is 4. The Morgan fingerprint density at radius 2 is 2.05 bits per heavy atom. The predicted octanol–water partition coefficient (Wildman–Crippen LogP) is 1.06. The standard InChI is InChI=1S/C15H28N2O3/c1-11(2)13-12(4-3-7-20-13)10-17-14(18)15(16)5-8-19-9-6-15/h11-13H,3-10,16H2,1-2H3,(H,17,18). The van der Waals surface area contributed by atoms with Crippen LogP contribution in [0.4, 0.5) is 0 Å². The normalized spacial score (nSPS) is 30.2. The van der Waals surface area contributed by atoms with Gasteiger partial charge < -0.3 is 20.5 Å². The van der Waals surface area contributed by atoms with Crippen LogP contribution in [0.3, 0.4) is 0 Å². The Morgan fingerprint density at radius 3 is 2.70 bits per heavy atom. The van der Waals surface area contributed by atoms with Gasteiger partial charge in [-0.25, -0.2) is 0 Å². The number of carbonyl (C=O) groups excluding carboxylic acids is 1. The quantitative estimate of drug-likeness (QED) is 0.809. The molecule has 2 aliphatic heterocycles. The van der Waals surface area contributed by atoms with Crippen molar-refractivity contribution >= 4 is 5.91 Å².